The van der Waals surface area contributed by atoms with Crippen LogP contribution in [0.15, 0.2) is 29.1 Å². The standard InChI is InChI=1S/C17H20ClN3O3/c1-10-20-14(12-7-11(18)5-6-13(12)19)8-15(22)21(10)9-16(23)24-17(2,3)4/h5-8H,9,19H2,1-4H3. The average Bonchev–Trinajstić information content (AvgIpc) is 2.43. The van der Waals surface area contributed by atoms with E-state index in [1.54, 1.807) is 45.9 Å². The fourth-order valence-corrected chi connectivity index (χ4v) is 2.38. The number of aromatic nitrogens is 2. The molecule has 0 amide bonds. The van der Waals surface area contributed by atoms with Gasteiger partial charge in [-0.2, -0.15) is 0 Å². The number of rotatable bonds is 3. The average molecular weight is 350 g/mol. The lowest BCUT2D eigenvalue weighted by atomic mass is 10.1. The van der Waals surface area contributed by atoms with Crippen molar-refractivity contribution in [1.29, 1.82) is 0 Å². The quantitative estimate of drug-likeness (QED) is 0.680. The fourth-order valence-electron chi connectivity index (χ4n) is 2.20. The molecule has 1 heterocycles. The molecule has 0 unspecified atom stereocenters. The molecule has 1 aromatic heterocycles. The lowest BCUT2D eigenvalue weighted by Crippen LogP contribution is -2.32. The van der Waals surface area contributed by atoms with Crippen LogP contribution < -0.4 is 11.3 Å². The smallest absolute Gasteiger partial charge is 0.326 e. The van der Waals surface area contributed by atoms with Crippen LogP contribution >= 0.6 is 11.6 Å². The van der Waals surface area contributed by atoms with Gasteiger partial charge in [0.25, 0.3) is 5.56 Å². The van der Waals surface area contributed by atoms with Crippen molar-refractivity contribution in [3.63, 3.8) is 0 Å². The summed E-state index contributed by atoms with van der Waals surface area (Å²) in [6.07, 6.45) is 0. The largest absolute Gasteiger partial charge is 0.459 e. The third-order valence-corrected chi connectivity index (χ3v) is 3.43. The summed E-state index contributed by atoms with van der Waals surface area (Å²) in [5, 5.41) is 0.497. The van der Waals surface area contributed by atoms with Crippen molar-refractivity contribution in [3.05, 3.63) is 45.5 Å². The molecule has 0 saturated carbocycles. The minimum atomic E-state index is -0.614. The van der Waals surface area contributed by atoms with E-state index in [4.69, 9.17) is 22.1 Å². The highest BCUT2D eigenvalue weighted by molar-refractivity contribution is 6.31. The van der Waals surface area contributed by atoms with Crippen LogP contribution in [0.2, 0.25) is 5.02 Å². The van der Waals surface area contributed by atoms with Gasteiger partial charge in [0.15, 0.2) is 0 Å². The van der Waals surface area contributed by atoms with Gasteiger partial charge in [-0.25, -0.2) is 4.98 Å². The number of nitrogen functional groups attached to an aromatic ring is 1. The number of benzene rings is 1. The van der Waals surface area contributed by atoms with Crippen molar-refractivity contribution >= 4 is 23.3 Å². The number of carbonyl (C=O) groups excluding carboxylic acids is 1. The number of aryl methyl sites for hydroxylation is 1. The van der Waals surface area contributed by atoms with Gasteiger partial charge < -0.3 is 10.5 Å². The molecule has 6 nitrogen and oxygen atoms in total. The van der Waals surface area contributed by atoms with Crippen LogP contribution in [-0.2, 0) is 16.1 Å². The zero-order chi connectivity index (χ0) is 18.1. The van der Waals surface area contributed by atoms with E-state index >= 15 is 0 Å². The van der Waals surface area contributed by atoms with Crippen molar-refractivity contribution in [2.75, 3.05) is 5.73 Å². The Bertz CT molecular complexity index is 838. The Kier molecular flexibility index (Phi) is 4.99. The molecule has 0 aliphatic carbocycles. The Morgan fingerprint density at radius 3 is 2.58 bits per heavy atom. The Morgan fingerprint density at radius 1 is 1.33 bits per heavy atom. The maximum Gasteiger partial charge on any atom is 0.326 e. The molecular weight excluding hydrogens is 330 g/mol. The van der Waals surface area contributed by atoms with Crippen molar-refractivity contribution in [2.24, 2.45) is 0 Å². The molecule has 0 radical (unpaired) electrons. The maximum absolute atomic E-state index is 12.4. The molecule has 7 heteroatoms. The van der Waals surface area contributed by atoms with Crippen molar-refractivity contribution in [1.82, 2.24) is 9.55 Å². The molecule has 2 N–H and O–H groups in total. The first-order valence-electron chi connectivity index (χ1n) is 7.42. The summed E-state index contributed by atoms with van der Waals surface area (Å²) in [4.78, 5) is 28.7. The van der Waals surface area contributed by atoms with Crippen LogP contribution in [0.25, 0.3) is 11.3 Å². The molecule has 0 atom stereocenters. The molecule has 0 bridgehead atoms. The van der Waals surface area contributed by atoms with E-state index in [0.29, 0.717) is 27.8 Å². The first kappa shape index (κ1) is 18.0. The van der Waals surface area contributed by atoms with Gasteiger partial charge >= 0.3 is 5.97 Å². The van der Waals surface area contributed by atoms with Gasteiger partial charge in [0.2, 0.25) is 0 Å². The maximum atomic E-state index is 12.4. The fraction of sp³-hybridized carbons (Fsp3) is 0.353. The number of hydrogen-bond acceptors (Lipinski definition) is 5. The lowest BCUT2D eigenvalue weighted by molar-refractivity contribution is -0.155. The van der Waals surface area contributed by atoms with Gasteiger partial charge in [-0.15, -0.1) is 0 Å². The molecule has 0 saturated heterocycles. The molecule has 0 aliphatic rings. The van der Waals surface area contributed by atoms with Crippen LogP contribution in [0.4, 0.5) is 5.69 Å². The topological polar surface area (TPSA) is 87.2 Å². The van der Waals surface area contributed by atoms with Crippen LogP contribution in [-0.4, -0.2) is 21.1 Å². The number of hydrogen-bond donors (Lipinski definition) is 1. The first-order valence-corrected chi connectivity index (χ1v) is 7.80. The first-order chi connectivity index (χ1) is 11.1. The SMILES string of the molecule is Cc1nc(-c2cc(Cl)ccc2N)cc(=O)n1CC(=O)OC(C)(C)C. The summed E-state index contributed by atoms with van der Waals surface area (Å²) >= 11 is 5.98. The summed E-state index contributed by atoms with van der Waals surface area (Å²) in [5.74, 6) is -0.104. The van der Waals surface area contributed by atoms with Crippen molar-refractivity contribution in [2.45, 2.75) is 39.8 Å². The molecule has 2 rings (SSSR count). The summed E-state index contributed by atoms with van der Waals surface area (Å²) in [7, 11) is 0. The minimum Gasteiger partial charge on any atom is -0.459 e. The Balaban J connectivity index is 2.37. The Labute approximate surface area is 145 Å². The number of carbonyl (C=O) groups is 1. The van der Waals surface area contributed by atoms with E-state index in [1.807, 2.05) is 0 Å². The number of halogens is 1. The third kappa shape index (κ3) is 4.35. The zero-order valence-corrected chi connectivity index (χ0v) is 14.8. The number of anilines is 1. The third-order valence-electron chi connectivity index (χ3n) is 3.20. The van der Waals surface area contributed by atoms with Gasteiger partial charge in [-0.05, 0) is 45.9 Å². The van der Waals surface area contributed by atoms with E-state index in [-0.39, 0.29) is 12.1 Å². The predicted molar refractivity (Wildman–Crippen MR) is 93.9 cm³/mol. The van der Waals surface area contributed by atoms with E-state index in [9.17, 15) is 9.59 Å². The van der Waals surface area contributed by atoms with Gasteiger partial charge in [0.1, 0.15) is 18.0 Å². The number of ether oxygens (including phenoxy) is 1. The lowest BCUT2D eigenvalue weighted by Gasteiger charge is -2.20. The number of esters is 1. The van der Waals surface area contributed by atoms with Crippen LogP contribution in [0, 0.1) is 6.92 Å². The molecule has 0 spiro atoms. The number of nitrogens with two attached hydrogens (primary N) is 1. The summed E-state index contributed by atoms with van der Waals surface area (Å²) in [6, 6.07) is 6.30. The monoisotopic (exact) mass is 349 g/mol. The second-order valence-electron chi connectivity index (χ2n) is 6.43. The molecule has 1 aromatic carbocycles. The molecule has 24 heavy (non-hydrogen) atoms. The molecule has 0 fully saturated rings. The van der Waals surface area contributed by atoms with Crippen LogP contribution in [0.1, 0.15) is 26.6 Å². The zero-order valence-electron chi connectivity index (χ0n) is 14.1. The van der Waals surface area contributed by atoms with Crippen LogP contribution in [0.3, 0.4) is 0 Å². The summed E-state index contributed by atoms with van der Waals surface area (Å²) in [6.45, 7) is 6.76. The van der Waals surface area contributed by atoms with Gasteiger partial charge in [0.05, 0.1) is 5.69 Å². The van der Waals surface area contributed by atoms with Crippen LogP contribution in [0.5, 0.6) is 0 Å². The highest BCUT2D eigenvalue weighted by Gasteiger charge is 2.18. The molecule has 0 aliphatic heterocycles. The highest BCUT2D eigenvalue weighted by Crippen LogP contribution is 2.26. The van der Waals surface area contributed by atoms with Crippen molar-refractivity contribution < 1.29 is 9.53 Å². The van der Waals surface area contributed by atoms with Gasteiger partial charge in [0, 0.05) is 22.3 Å². The summed E-state index contributed by atoms with van der Waals surface area (Å²) in [5.41, 5.74) is 6.41. The Morgan fingerprint density at radius 2 is 2.00 bits per heavy atom. The molecule has 128 valence electrons. The van der Waals surface area contributed by atoms with Gasteiger partial charge in [-0.3, -0.25) is 14.2 Å². The second-order valence-corrected chi connectivity index (χ2v) is 6.87. The van der Waals surface area contributed by atoms with E-state index in [0.717, 1.165) is 0 Å². The summed E-state index contributed by atoms with van der Waals surface area (Å²) < 4.78 is 6.50. The second kappa shape index (κ2) is 6.65. The minimum absolute atomic E-state index is 0.194. The molecule has 2 aromatic rings. The molecular formula is C17H20ClN3O3. The predicted octanol–water partition coefficient (Wildman–Crippen LogP) is 2.80. The Hall–Kier alpha value is -2.34. The number of nitrogens with zero attached hydrogens (tertiary/aromatic N) is 2. The van der Waals surface area contributed by atoms with E-state index in [2.05, 4.69) is 4.98 Å². The van der Waals surface area contributed by atoms with Gasteiger partial charge in [-0.1, -0.05) is 11.6 Å². The highest BCUT2D eigenvalue weighted by atomic mass is 35.5. The van der Waals surface area contributed by atoms with E-state index < -0.39 is 11.6 Å². The normalized spacial score (nSPS) is 11.4. The van der Waals surface area contributed by atoms with Crippen molar-refractivity contribution in [3.8, 4) is 11.3 Å². The van der Waals surface area contributed by atoms with E-state index in [1.165, 1.54) is 10.6 Å².